The van der Waals surface area contributed by atoms with Crippen molar-refractivity contribution in [2.45, 2.75) is 6.18 Å². The maximum absolute atomic E-state index is 13.9. The number of aromatic nitrogens is 6. The Balaban J connectivity index is 1.54. The molecule has 3 heterocycles. The summed E-state index contributed by atoms with van der Waals surface area (Å²) in [6, 6.07) is 5.32. The Hall–Kier alpha value is -4.43. The number of hydrogen-bond acceptors (Lipinski definition) is 10. The standard InChI is InChI=1S/C18H11F5N8O2/c19-9-2-3-10(20)11(5-9)26-17-29-13(28-16(24)30-17)14-27-15(33-31-14)8-1-4-12(25-6-8)32-7-18(21,22)23/h1-6H,7H2,(H3,24,26,28,29,30). The predicted octanol–water partition coefficient (Wildman–Crippen LogP) is 3.53. The fourth-order valence-electron chi connectivity index (χ4n) is 2.44. The minimum absolute atomic E-state index is 0.0514. The van der Waals surface area contributed by atoms with E-state index in [9.17, 15) is 22.0 Å². The van der Waals surface area contributed by atoms with Gasteiger partial charge in [-0.1, -0.05) is 5.16 Å². The van der Waals surface area contributed by atoms with Gasteiger partial charge in [0.05, 0.1) is 11.3 Å². The molecule has 4 aromatic rings. The molecule has 0 saturated carbocycles. The van der Waals surface area contributed by atoms with Gasteiger partial charge in [0, 0.05) is 18.3 Å². The predicted molar refractivity (Wildman–Crippen MR) is 102 cm³/mol. The van der Waals surface area contributed by atoms with Gasteiger partial charge in [-0.3, -0.25) is 0 Å². The molecule has 3 N–H and O–H groups in total. The highest BCUT2D eigenvalue weighted by Gasteiger charge is 2.28. The summed E-state index contributed by atoms with van der Waals surface area (Å²) in [5, 5.41) is 6.19. The average molecular weight is 466 g/mol. The molecule has 0 fully saturated rings. The first kappa shape index (κ1) is 21.8. The van der Waals surface area contributed by atoms with Crippen molar-refractivity contribution in [3.8, 4) is 29.0 Å². The van der Waals surface area contributed by atoms with Gasteiger partial charge in [0.1, 0.15) is 11.6 Å². The zero-order valence-electron chi connectivity index (χ0n) is 16.1. The van der Waals surface area contributed by atoms with E-state index in [4.69, 9.17) is 10.3 Å². The first-order valence-electron chi connectivity index (χ1n) is 8.90. The number of halogens is 5. The number of anilines is 3. The molecule has 0 aliphatic heterocycles. The summed E-state index contributed by atoms with van der Waals surface area (Å²) < 4.78 is 73.5. The number of alkyl halides is 3. The van der Waals surface area contributed by atoms with Gasteiger partial charge in [0.15, 0.2) is 6.61 Å². The number of nitrogens with zero attached hydrogens (tertiary/aromatic N) is 6. The highest BCUT2D eigenvalue weighted by Crippen LogP contribution is 2.24. The van der Waals surface area contributed by atoms with Crippen molar-refractivity contribution in [1.29, 1.82) is 0 Å². The molecule has 3 aromatic heterocycles. The molecule has 4 rings (SSSR count). The summed E-state index contributed by atoms with van der Waals surface area (Å²) in [6.45, 7) is -1.49. The van der Waals surface area contributed by atoms with E-state index in [1.54, 1.807) is 0 Å². The maximum atomic E-state index is 13.9. The quantitative estimate of drug-likeness (QED) is 0.406. The van der Waals surface area contributed by atoms with Gasteiger partial charge in [0.25, 0.3) is 5.89 Å². The summed E-state index contributed by atoms with van der Waals surface area (Å²) >= 11 is 0. The first-order valence-corrected chi connectivity index (χ1v) is 8.90. The molecule has 1 aromatic carbocycles. The van der Waals surface area contributed by atoms with Crippen LogP contribution >= 0.6 is 0 Å². The zero-order valence-corrected chi connectivity index (χ0v) is 16.1. The van der Waals surface area contributed by atoms with Gasteiger partial charge >= 0.3 is 6.18 Å². The van der Waals surface area contributed by atoms with Crippen molar-refractivity contribution < 1.29 is 31.2 Å². The number of ether oxygens (including phenoxy) is 1. The second-order valence-corrected chi connectivity index (χ2v) is 6.30. The lowest BCUT2D eigenvalue weighted by Crippen LogP contribution is -2.19. The van der Waals surface area contributed by atoms with Crippen LogP contribution in [0.4, 0.5) is 39.5 Å². The number of nitrogens with one attached hydrogen (secondary N) is 1. The van der Waals surface area contributed by atoms with E-state index in [1.165, 1.54) is 18.3 Å². The number of nitrogens with two attached hydrogens (primary N) is 1. The maximum Gasteiger partial charge on any atom is 0.422 e. The third kappa shape index (κ3) is 5.44. The first-order chi connectivity index (χ1) is 15.7. The number of rotatable bonds is 6. The second-order valence-electron chi connectivity index (χ2n) is 6.30. The Labute approximate surface area is 180 Å². The van der Waals surface area contributed by atoms with E-state index >= 15 is 0 Å². The number of pyridine rings is 1. The zero-order chi connectivity index (χ0) is 23.6. The van der Waals surface area contributed by atoms with Crippen LogP contribution in [0.3, 0.4) is 0 Å². The molecule has 0 radical (unpaired) electrons. The summed E-state index contributed by atoms with van der Waals surface area (Å²) in [5.41, 5.74) is 5.69. The highest BCUT2D eigenvalue weighted by atomic mass is 19.4. The summed E-state index contributed by atoms with van der Waals surface area (Å²) in [4.78, 5) is 19.5. The summed E-state index contributed by atoms with van der Waals surface area (Å²) in [7, 11) is 0. The fourth-order valence-corrected chi connectivity index (χ4v) is 2.44. The normalized spacial score (nSPS) is 11.4. The Morgan fingerprint density at radius 3 is 2.55 bits per heavy atom. The lowest BCUT2D eigenvalue weighted by atomic mass is 10.3. The molecule has 0 atom stereocenters. The van der Waals surface area contributed by atoms with E-state index in [0.29, 0.717) is 0 Å². The molecule has 0 bridgehead atoms. The van der Waals surface area contributed by atoms with E-state index in [-0.39, 0.29) is 46.6 Å². The topological polar surface area (TPSA) is 138 Å². The van der Waals surface area contributed by atoms with Gasteiger partial charge in [-0.2, -0.15) is 33.1 Å². The van der Waals surface area contributed by atoms with Gasteiger partial charge in [-0.15, -0.1) is 0 Å². The lowest BCUT2D eigenvalue weighted by Gasteiger charge is -2.07. The van der Waals surface area contributed by atoms with Crippen LogP contribution in [0.15, 0.2) is 41.1 Å². The lowest BCUT2D eigenvalue weighted by molar-refractivity contribution is -0.154. The van der Waals surface area contributed by atoms with Crippen molar-refractivity contribution >= 4 is 17.6 Å². The van der Waals surface area contributed by atoms with Crippen LogP contribution in [-0.4, -0.2) is 42.9 Å². The minimum atomic E-state index is -4.50. The van der Waals surface area contributed by atoms with Crippen LogP contribution in [0.1, 0.15) is 0 Å². The van der Waals surface area contributed by atoms with Crippen molar-refractivity contribution in [1.82, 2.24) is 30.1 Å². The molecule has 0 unspecified atom stereocenters. The van der Waals surface area contributed by atoms with Crippen molar-refractivity contribution in [2.24, 2.45) is 0 Å². The molecular formula is C18H11F5N8O2. The van der Waals surface area contributed by atoms with E-state index in [0.717, 1.165) is 18.2 Å². The number of nitrogen functional groups attached to an aromatic ring is 1. The number of benzene rings is 1. The van der Waals surface area contributed by atoms with E-state index < -0.39 is 24.4 Å². The Kier molecular flexibility index (Phi) is 5.68. The molecule has 0 amide bonds. The third-order valence-electron chi connectivity index (χ3n) is 3.82. The van der Waals surface area contributed by atoms with Crippen molar-refractivity contribution in [2.75, 3.05) is 17.7 Å². The monoisotopic (exact) mass is 466 g/mol. The van der Waals surface area contributed by atoms with Crippen LogP contribution < -0.4 is 15.8 Å². The van der Waals surface area contributed by atoms with E-state index in [1.807, 2.05) is 0 Å². The van der Waals surface area contributed by atoms with Crippen LogP contribution in [0.5, 0.6) is 5.88 Å². The molecule has 15 heteroatoms. The Morgan fingerprint density at radius 2 is 1.82 bits per heavy atom. The molecule has 0 spiro atoms. The van der Waals surface area contributed by atoms with Crippen LogP contribution in [0.2, 0.25) is 0 Å². The van der Waals surface area contributed by atoms with Gasteiger partial charge < -0.3 is 20.3 Å². The third-order valence-corrected chi connectivity index (χ3v) is 3.82. The minimum Gasteiger partial charge on any atom is -0.468 e. The number of hydrogen-bond donors (Lipinski definition) is 2. The Bertz CT molecular complexity index is 1280. The molecule has 0 aliphatic rings. The summed E-state index contributed by atoms with van der Waals surface area (Å²) in [5.74, 6) is -2.49. The fraction of sp³-hybridized carbons (Fsp3) is 0.111. The van der Waals surface area contributed by atoms with Crippen molar-refractivity contribution in [3.63, 3.8) is 0 Å². The highest BCUT2D eigenvalue weighted by molar-refractivity contribution is 5.59. The van der Waals surface area contributed by atoms with Crippen LogP contribution in [-0.2, 0) is 0 Å². The van der Waals surface area contributed by atoms with Crippen molar-refractivity contribution in [3.05, 3.63) is 48.2 Å². The average Bonchev–Trinajstić information content (AvgIpc) is 3.25. The molecule has 170 valence electrons. The molecule has 10 nitrogen and oxygen atoms in total. The smallest absolute Gasteiger partial charge is 0.422 e. The van der Waals surface area contributed by atoms with Gasteiger partial charge in [-0.25, -0.2) is 13.8 Å². The molecule has 33 heavy (non-hydrogen) atoms. The van der Waals surface area contributed by atoms with Crippen LogP contribution in [0, 0.1) is 11.6 Å². The summed E-state index contributed by atoms with van der Waals surface area (Å²) in [6.07, 6.45) is -3.33. The van der Waals surface area contributed by atoms with Gasteiger partial charge in [-0.05, 0) is 18.2 Å². The molecule has 0 saturated heterocycles. The molecular weight excluding hydrogens is 455 g/mol. The van der Waals surface area contributed by atoms with Crippen LogP contribution in [0.25, 0.3) is 23.1 Å². The Morgan fingerprint density at radius 1 is 1.00 bits per heavy atom. The largest absolute Gasteiger partial charge is 0.468 e. The van der Waals surface area contributed by atoms with E-state index in [2.05, 4.69) is 40.1 Å². The SMILES string of the molecule is Nc1nc(Nc2cc(F)ccc2F)nc(-c2noc(-c3ccc(OCC(F)(F)F)nc3)n2)n1. The molecule has 0 aliphatic carbocycles. The van der Waals surface area contributed by atoms with Gasteiger partial charge in [0.2, 0.25) is 29.4 Å². The second kappa shape index (κ2) is 8.60.